The zero-order chi connectivity index (χ0) is 17.6. The summed E-state index contributed by atoms with van der Waals surface area (Å²) in [5.41, 5.74) is 1.57. The molecule has 0 saturated heterocycles. The predicted molar refractivity (Wildman–Crippen MR) is 99.8 cm³/mol. The fourth-order valence-corrected chi connectivity index (χ4v) is 2.45. The van der Waals surface area contributed by atoms with Crippen LogP contribution in [0.25, 0.3) is 17.4 Å². The van der Waals surface area contributed by atoms with E-state index in [1.165, 1.54) is 6.08 Å². The van der Waals surface area contributed by atoms with Gasteiger partial charge in [0.25, 0.3) is 0 Å². The van der Waals surface area contributed by atoms with Crippen molar-refractivity contribution in [2.45, 2.75) is 0 Å². The lowest BCUT2D eigenvalue weighted by Gasteiger charge is -2.03. The summed E-state index contributed by atoms with van der Waals surface area (Å²) in [6, 6.07) is 18.1. The van der Waals surface area contributed by atoms with E-state index in [4.69, 9.17) is 20.8 Å². The smallest absolute Gasteiger partial charge is 0.248 e. The Morgan fingerprint density at radius 3 is 2.64 bits per heavy atom. The number of furan rings is 1. The molecule has 4 nitrogen and oxygen atoms in total. The summed E-state index contributed by atoms with van der Waals surface area (Å²) in [7, 11) is 1.59. The number of nitrogens with one attached hydrogen (secondary N) is 1. The molecule has 2 aromatic carbocycles. The van der Waals surface area contributed by atoms with Crippen LogP contribution in [0.15, 0.2) is 71.2 Å². The average Bonchev–Trinajstić information content (AvgIpc) is 3.10. The van der Waals surface area contributed by atoms with Crippen LogP contribution in [0.1, 0.15) is 5.76 Å². The van der Waals surface area contributed by atoms with Gasteiger partial charge >= 0.3 is 0 Å². The molecule has 1 aromatic heterocycles. The van der Waals surface area contributed by atoms with Gasteiger partial charge in [-0.2, -0.15) is 0 Å². The van der Waals surface area contributed by atoms with E-state index in [1.54, 1.807) is 49.6 Å². The summed E-state index contributed by atoms with van der Waals surface area (Å²) >= 11 is 5.98. The highest BCUT2D eigenvalue weighted by Gasteiger charge is 2.04. The molecule has 0 saturated carbocycles. The Morgan fingerprint density at radius 2 is 1.92 bits per heavy atom. The van der Waals surface area contributed by atoms with Gasteiger partial charge in [-0.15, -0.1) is 0 Å². The normalized spacial score (nSPS) is 10.8. The van der Waals surface area contributed by atoms with E-state index >= 15 is 0 Å². The van der Waals surface area contributed by atoms with E-state index in [-0.39, 0.29) is 5.91 Å². The van der Waals surface area contributed by atoms with E-state index < -0.39 is 0 Å². The Hall–Kier alpha value is -2.98. The third-order valence-corrected chi connectivity index (χ3v) is 3.73. The molecule has 0 aliphatic rings. The van der Waals surface area contributed by atoms with Gasteiger partial charge in [-0.1, -0.05) is 23.7 Å². The molecule has 1 heterocycles. The van der Waals surface area contributed by atoms with E-state index in [9.17, 15) is 4.79 Å². The molecule has 0 atom stereocenters. The molecule has 0 aliphatic heterocycles. The summed E-state index contributed by atoms with van der Waals surface area (Å²) in [5, 5.41) is 3.41. The minimum absolute atomic E-state index is 0.245. The van der Waals surface area contributed by atoms with Crippen LogP contribution in [0, 0.1) is 0 Å². The van der Waals surface area contributed by atoms with Gasteiger partial charge in [-0.05, 0) is 54.6 Å². The standard InChI is InChI=1S/C20H16ClNO3/c1-24-17-7-5-16(6-8-17)22-20(23)12-10-18-9-11-19(25-18)14-3-2-4-15(21)13-14/h2-13H,1H3,(H,22,23)/b12-10+. The summed E-state index contributed by atoms with van der Waals surface area (Å²) < 4.78 is 10.8. The number of hydrogen-bond donors (Lipinski definition) is 1. The first-order valence-corrected chi connectivity index (χ1v) is 8.01. The topological polar surface area (TPSA) is 51.5 Å². The van der Waals surface area contributed by atoms with Gasteiger partial charge < -0.3 is 14.5 Å². The minimum atomic E-state index is -0.245. The first-order valence-electron chi connectivity index (χ1n) is 7.63. The van der Waals surface area contributed by atoms with Gasteiger partial charge in [-0.25, -0.2) is 0 Å². The minimum Gasteiger partial charge on any atom is -0.497 e. The second-order valence-corrected chi connectivity index (χ2v) is 5.70. The first-order chi connectivity index (χ1) is 12.1. The highest BCUT2D eigenvalue weighted by atomic mass is 35.5. The van der Waals surface area contributed by atoms with Gasteiger partial charge in [0.15, 0.2) is 0 Å². The van der Waals surface area contributed by atoms with Gasteiger partial charge in [0, 0.05) is 22.3 Å². The zero-order valence-corrected chi connectivity index (χ0v) is 14.3. The summed E-state index contributed by atoms with van der Waals surface area (Å²) in [5.74, 6) is 1.76. The molecule has 5 heteroatoms. The summed E-state index contributed by atoms with van der Waals surface area (Å²) in [4.78, 5) is 12.0. The number of amides is 1. The van der Waals surface area contributed by atoms with Gasteiger partial charge in [0.2, 0.25) is 5.91 Å². The third kappa shape index (κ3) is 4.52. The second kappa shape index (κ2) is 7.73. The van der Waals surface area contributed by atoms with Crippen molar-refractivity contribution in [1.29, 1.82) is 0 Å². The summed E-state index contributed by atoms with van der Waals surface area (Å²) in [6.07, 6.45) is 3.04. The van der Waals surface area contributed by atoms with Gasteiger partial charge in [-0.3, -0.25) is 4.79 Å². The number of benzene rings is 2. The maximum Gasteiger partial charge on any atom is 0.248 e. The van der Waals surface area contributed by atoms with Crippen molar-refractivity contribution in [3.63, 3.8) is 0 Å². The van der Waals surface area contributed by atoms with Crippen LogP contribution in [-0.4, -0.2) is 13.0 Å². The molecule has 3 rings (SSSR count). The Labute approximate surface area is 150 Å². The fourth-order valence-electron chi connectivity index (χ4n) is 2.26. The number of carbonyl (C=O) groups excluding carboxylic acids is 1. The molecule has 0 aliphatic carbocycles. The van der Waals surface area contributed by atoms with Crippen molar-refractivity contribution in [3.8, 4) is 17.1 Å². The van der Waals surface area contributed by atoms with Crippen LogP contribution < -0.4 is 10.1 Å². The number of anilines is 1. The van der Waals surface area contributed by atoms with Crippen LogP contribution >= 0.6 is 11.6 Å². The quantitative estimate of drug-likeness (QED) is 0.636. The predicted octanol–water partition coefficient (Wildman–Crippen LogP) is 5.26. The lowest BCUT2D eigenvalue weighted by molar-refractivity contribution is -0.111. The van der Waals surface area contributed by atoms with Gasteiger partial charge in [0.05, 0.1) is 7.11 Å². The summed E-state index contributed by atoms with van der Waals surface area (Å²) in [6.45, 7) is 0. The maximum absolute atomic E-state index is 12.0. The first kappa shape index (κ1) is 16.9. The number of carbonyl (C=O) groups is 1. The highest BCUT2D eigenvalue weighted by Crippen LogP contribution is 2.25. The average molecular weight is 354 g/mol. The second-order valence-electron chi connectivity index (χ2n) is 5.26. The lowest BCUT2D eigenvalue weighted by Crippen LogP contribution is -2.07. The highest BCUT2D eigenvalue weighted by molar-refractivity contribution is 6.30. The van der Waals surface area contributed by atoms with E-state index in [0.29, 0.717) is 22.2 Å². The maximum atomic E-state index is 12.0. The molecule has 1 amide bonds. The van der Waals surface area contributed by atoms with Crippen LogP contribution in [0.4, 0.5) is 5.69 Å². The number of hydrogen-bond acceptors (Lipinski definition) is 3. The monoisotopic (exact) mass is 353 g/mol. The van der Waals surface area contributed by atoms with E-state index in [1.807, 2.05) is 24.3 Å². The number of ether oxygens (including phenoxy) is 1. The molecular weight excluding hydrogens is 338 g/mol. The molecule has 0 bridgehead atoms. The van der Waals surface area contributed by atoms with Gasteiger partial charge in [0.1, 0.15) is 17.3 Å². The Balaban J connectivity index is 1.64. The molecule has 126 valence electrons. The third-order valence-electron chi connectivity index (χ3n) is 3.49. The van der Waals surface area contributed by atoms with Crippen molar-refractivity contribution in [2.24, 2.45) is 0 Å². The molecular formula is C20H16ClNO3. The van der Waals surface area contributed by atoms with E-state index in [0.717, 1.165) is 11.3 Å². The van der Waals surface area contributed by atoms with Crippen LogP contribution in [0.5, 0.6) is 5.75 Å². The Morgan fingerprint density at radius 1 is 1.12 bits per heavy atom. The van der Waals surface area contributed by atoms with Crippen molar-refractivity contribution >= 4 is 29.3 Å². The van der Waals surface area contributed by atoms with Crippen molar-refractivity contribution in [3.05, 3.63) is 77.5 Å². The molecule has 25 heavy (non-hydrogen) atoms. The fraction of sp³-hybridized carbons (Fsp3) is 0.0500. The SMILES string of the molecule is COc1ccc(NC(=O)/C=C/c2ccc(-c3cccc(Cl)c3)o2)cc1. The van der Waals surface area contributed by atoms with Crippen molar-refractivity contribution < 1.29 is 13.9 Å². The number of methoxy groups -OCH3 is 1. The molecule has 0 radical (unpaired) electrons. The molecule has 3 aromatic rings. The Bertz CT molecular complexity index is 897. The molecule has 0 spiro atoms. The van der Waals surface area contributed by atoms with Crippen molar-refractivity contribution in [2.75, 3.05) is 12.4 Å². The zero-order valence-electron chi connectivity index (χ0n) is 13.5. The Kier molecular flexibility index (Phi) is 5.21. The van der Waals surface area contributed by atoms with Crippen LogP contribution in [0.2, 0.25) is 5.02 Å². The number of halogens is 1. The van der Waals surface area contributed by atoms with Crippen molar-refractivity contribution in [1.82, 2.24) is 0 Å². The number of rotatable bonds is 5. The van der Waals surface area contributed by atoms with Crippen LogP contribution in [-0.2, 0) is 4.79 Å². The lowest BCUT2D eigenvalue weighted by atomic mass is 10.2. The molecule has 0 unspecified atom stereocenters. The van der Waals surface area contributed by atoms with E-state index in [2.05, 4.69) is 5.32 Å². The van der Waals surface area contributed by atoms with Crippen LogP contribution in [0.3, 0.4) is 0 Å². The molecule has 0 fully saturated rings. The molecule has 1 N–H and O–H groups in total. The largest absolute Gasteiger partial charge is 0.497 e.